The van der Waals surface area contributed by atoms with Crippen LogP contribution in [0.3, 0.4) is 0 Å². The summed E-state index contributed by atoms with van der Waals surface area (Å²) in [6, 6.07) is 49.9. The molecule has 0 heterocycles. The van der Waals surface area contributed by atoms with Crippen molar-refractivity contribution >= 4 is 54.2 Å². The van der Waals surface area contributed by atoms with Crippen LogP contribution in [0.5, 0.6) is 0 Å². The topological polar surface area (TPSA) is 58.2 Å². The van der Waals surface area contributed by atoms with Crippen molar-refractivity contribution in [2.24, 2.45) is 5.92 Å². The smallest absolute Gasteiger partial charge is 0.252 e. The molecule has 6 heteroatoms. The van der Waals surface area contributed by atoms with Crippen LogP contribution in [-0.4, -0.2) is 29.6 Å². The molecule has 0 saturated heterocycles. The van der Waals surface area contributed by atoms with E-state index in [1.165, 1.54) is 21.2 Å². The van der Waals surface area contributed by atoms with Crippen LogP contribution in [0.15, 0.2) is 170 Å². The molecule has 2 N–H and O–H groups in total. The maximum Gasteiger partial charge on any atom is 0.252 e. The minimum absolute atomic E-state index is 0.0125. The van der Waals surface area contributed by atoms with Gasteiger partial charge in [-0.1, -0.05) is 177 Å². The summed E-state index contributed by atoms with van der Waals surface area (Å²) in [5.41, 5.74) is 0.706. The molecule has 0 radical (unpaired) electrons. The third-order valence-electron chi connectivity index (χ3n) is 9.60. The van der Waals surface area contributed by atoms with Crippen molar-refractivity contribution in [3.05, 3.63) is 175 Å². The van der Waals surface area contributed by atoms with E-state index >= 15 is 0 Å². The van der Waals surface area contributed by atoms with Gasteiger partial charge in [0.15, 0.2) is 0 Å². The second-order valence-electron chi connectivity index (χ2n) is 12.8. The zero-order valence-electron chi connectivity index (χ0n) is 28.0. The second kappa shape index (κ2) is 16.4. The van der Waals surface area contributed by atoms with Crippen LogP contribution in [-0.2, 0) is 4.79 Å². The molecular formula is C44H42N2O2P2. The molecule has 0 bridgehead atoms. The molecule has 7 rings (SSSR count). The fraction of sp³-hybridized carbons (Fsp3) is 0.182. The van der Waals surface area contributed by atoms with Crippen LogP contribution in [0.1, 0.15) is 36.0 Å². The number of rotatable bonds is 10. The molecule has 5 aromatic carbocycles. The number of hydrogen-bond acceptors (Lipinski definition) is 2. The molecule has 5 aromatic rings. The Morgan fingerprint density at radius 2 is 0.980 bits per heavy atom. The van der Waals surface area contributed by atoms with Gasteiger partial charge in [-0.15, -0.1) is 0 Å². The van der Waals surface area contributed by atoms with Crippen LogP contribution in [0.2, 0.25) is 0 Å². The molecule has 2 aliphatic carbocycles. The van der Waals surface area contributed by atoms with E-state index in [0.717, 1.165) is 31.0 Å². The Hall–Kier alpha value is -4.62. The Balaban J connectivity index is 1.12. The Morgan fingerprint density at radius 1 is 0.520 bits per heavy atom. The zero-order chi connectivity index (χ0) is 34.1. The molecule has 1 fully saturated rings. The minimum Gasteiger partial charge on any atom is -0.351 e. The molecule has 4 atom stereocenters. The molecule has 0 aromatic heterocycles. The first-order valence-corrected chi connectivity index (χ1v) is 20.3. The highest BCUT2D eigenvalue weighted by Crippen LogP contribution is 2.45. The van der Waals surface area contributed by atoms with E-state index in [1.807, 2.05) is 48.5 Å². The number of nitrogens with one attached hydrogen (secondary N) is 2. The fourth-order valence-corrected chi connectivity index (χ4v) is 12.4. The van der Waals surface area contributed by atoms with E-state index in [2.05, 4.69) is 132 Å². The lowest BCUT2D eigenvalue weighted by Crippen LogP contribution is -2.55. The van der Waals surface area contributed by atoms with E-state index in [1.54, 1.807) is 0 Å². The van der Waals surface area contributed by atoms with E-state index in [4.69, 9.17) is 0 Å². The van der Waals surface area contributed by atoms with Gasteiger partial charge in [-0.3, -0.25) is 9.59 Å². The molecule has 250 valence electrons. The van der Waals surface area contributed by atoms with Gasteiger partial charge in [0.2, 0.25) is 5.91 Å². The number of allylic oxidation sites excluding steroid dienone is 3. The molecule has 2 aliphatic rings. The Bertz CT molecular complexity index is 1850. The van der Waals surface area contributed by atoms with Crippen molar-refractivity contribution in [1.29, 1.82) is 0 Å². The molecule has 50 heavy (non-hydrogen) atoms. The molecule has 0 spiro atoms. The van der Waals surface area contributed by atoms with Crippen LogP contribution in [0.4, 0.5) is 0 Å². The van der Waals surface area contributed by atoms with Crippen LogP contribution < -0.4 is 37.2 Å². The van der Waals surface area contributed by atoms with Gasteiger partial charge in [-0.2, -0.15) is 0 Å². The van der Waals surface area contributed by atoms with Gasteiger partial charge in [-0.25, -0.2) is 0 Å². The van der Waals surface area contributed by atoms with Crippen LogP contribution in [0.25, 0.3) is 0 Å². The predicted octanol–water partition coefficient (Wildman–Crippen LogP) is 6.85. The summed E-state index contributed by atoms with van der Waals surface area (Å²) in [6.45, 7) is 0. The summed E-state index contributed by atoms with van der Waals surface area (Å²) >= 11 is 0. The largest absolute Gasteiger partial charge is 0.351 e. The van der Waals surface area contributed by atoms with Crippen molar-refractivity contribution in [1.82, 2.24) is 10.6 Å². The normalized spacial score (nSPS) is 20.0. The van der Waals surface area contributed by atoms with Crippen LogP contribution >= 0.6 is 15.8 Å². The number of hydrogen-bond donors (Lipinski definition) is 2. The SMILES string of the molecule is O=C(N[C@@H]1CCCC[C@H]1NC(=O)C1C=CC=CC1P(c1ccccc1)c1ccccc1)c1ccccc1P(c1ccccc1)c1ccccc1. The summed E-state index contributed by atoms with van der Waals surface area (Å²) in [4.78, 5) is 28.6. The molecule has 1 saturated carbocycles. The lowest BCUT2D eigenvalue weighted by molar-refractivity contribution is -0.124. The van der Waals surface area contributed by atoms with E-state index < -0.39 is 15.8 Å². The van der Waals surface area contributed by atoms with E-state index in [-0.39, 0.29) is 35.5 Å². The highest BCUT2D eigenvalue weighted by Gasteiger charge is 2.37. The zero-order valence-corrected chi connectivity index (χ0v) is 29.8. The van der Waals surface area contributed by atoms with Crippen molar-refractivity contribution in [3.8, 4) is 0 Å². The lowest BCUT2D eigenvalue weighted by Gasteiger charge is -2.36. The quantitative estimate of drug-likeness (QED) is 0.158. The first-order valence-electron chi connectivity index (χ1n) is 17.5. The Kier molecular flexibility index (Phi) is 11.1. The van der Waals surface area contributed by atoms with Gasteiger partial charge in [0, 0.05) is 23.3 Å². The number of amides is 2. The summed E-state index contributed by atoms with van der Waals surface area (Å²) < 4.78 is 0. The highest BCUT2D eigenvalue weighted by atomic mass is 31.1. The summed E-state index contributed by atoms with van der Waals surface area (Å²) in [6.07, 6.45) is 12.1. The van der Waals surface area contributed by atoms with Crippen molar-refractivity contribution < 1.29 is 9.59 Å². The highest BCUT2D eigenvalue weighted by molar-refractivity contribution is 7.80. The maximum absolute atomic E-state index is 14.3. The first-order chi connectivity index (χ1) is 24.7. The van der Waals surface area contributed by atoms with Crippen molar-refractivity contribution in [3.63, 3.8) is 0 Å². The standard InChI is InChI=1S/C44H42N2O2P2/c47-43(37-27-13-17-31-41(37)49(33-19-5-1-6-20-33)34-21-7-2-8-22-34)45-39-29-15-16-30-40(39)46-44(48)38-28-14-18-32-42(38)50(35-23-9-3-10-24-35)36-25-11-4-12-26-36/h1-14,17-28,31-32,37,39-41H,15-16,29-30H2,(H,45,47)(H,46,48)/t37?,39-,40-,41?/m1/s1. The molecule has 2 unspecified atom stereocenters. The molecular weight excluding hydrogens is 650 g/mol. The van der Waals surface area contributed by atoms with Gasteiger partial charge in [0.05, 0.1) is 5.92 Å². The molecule has 2 amide bonds. The first kappa shape index (κ1) is 33.9. The van der Waals surface area contributed by atoms with Gasteiger partial charge < -0.3 is 10.6 Å². The third-order valence-corrected chi connectivity index (χ3v) is 14.9. The van der Waals surface area contributed by atoms with Gasteiger partial charge >= 0.3 is 0 Å². The van der Waals surface area contributed by atoms with Crippen molar-refractivity contribution in [2.45, 2.75) is 43.4 Å². The number of carbonyl (C=O) groups is 2. The number of benzene rings is 5. The minimum atomic E-state index is -0.949. The molecule has 0 aliphatic heterocycles. The second-order valence-corrected chi connectivity index (χ2v) is 17.4. The van der Waals surface area contributed by atoms with Crippen LogP contribution in [0, 0.1) is 5.92 Å². The van der Waals surface area contributed by atoms with E-state index in [0.29, 0.717) is 5.56 Å². The van der Waals surface area contributed by atoms with E-state index in [9.17, 15) is 9.59 Å². The Morgan fingerprint density at radius 3 is 1.54 bits per heavy atom. The van der Waals surface area contributed by atoms with Crippen molar-refractivity contribution in [2.75, 3.05) is 0 Å². The fourth-order valence-electron chi connectivity index (χ4n) is 7.20. The Labute approximate surface area is 298 Å². The predicted molar refractivity (Wildman–Crippen MR) is 211 cm³/mol. The average molecular weight is 693 g/mol. The maximum atomic E-state index is 14.3. The van der Waals surface area contributed by atoms with Gasteiger partial charge in [0.1, 0.15) is 0 Å². The monoisotopic (exact) mass is 692 g/mol. The third kappa shape index (κ3) is 7.73. The summed E-state index contributed by atoms with van der Waals surface area (Å²) in [7, 11) is -1.78. The lowest BCUT2D eigenvalue weighted by atomic mass is 9.89. The molecule has 4 nitrogen and oxygen atoms in total. The summed E-state index contributed by atoms with van der Waals surface area (Å²) in [5, 5.41) is 12.8. The van der Waals surface area contributed by atoms with Gasteiger partial charge in [0.25, 0.3) is 5.91 Å². The van der Waals surface area contributed by atoms with Gasteiger partial charge in [-0.05, 0) is 61.3 Å². The summed E-state index contributed by atoms with van der Waals surface area (Å²) in [5.74, 6) is -0.370. The number of carbonyl (C=O) groups excluding carboxylic acids is 2. The average Bonchev–Trinajstić information content (AvgIpc) is 3.18.